The van der Waals surface area contributed by atoms with Crippen molar-refractivity contribution in [3.63, 3.8) is 0 Å². The molecular weight excluding hydrogens is 460 g/mol. The summed E-state index contributed by atoms with van der Waals surface area (Å²) in [5.74, 6) is 0.784. The van der Waals surface area contributed by atoms with E-state index in [0.29, 0.717) is 6.54 Å². The number of hydrogen-bond acceptors (Lipinski definition) is 2. The third kappa shape index (κ3) is 5.33. The number of piperazine rings is 1. The van der Waals surface area contributed by atoms with Gasteiger partial charge in [-0.1, -0.05) is 0 Å². The number of fused-ring (bicyclic) bond motifs is 1. The van der Waals surface area contributed by atoms with Crippen LogP contribution in [0.3, 0.4) is 0 Å². The number of rotatable bonds is 4. The summed E-state index contributed by atoms with van der Waals surface area (Å²) in [5.41, 5.74) is 1.96. The van der Waals surface area contributed by atoms with Gasteiger partial charge in [-0.15, -0.1) is 24.0 Å². The molecule has 6 nitrogen and oxygen atoms in total. The van der Waals surface area contributed by atoms with Gasteiger partial charge in [0.2, 0.25) is 5.91 Å². The molecule has 148 valence electrons. The van der Waals surface area contributed by atoms with Crippen molar-refractivity contribution in [1.82, 2.24) is 20.1 Å². The second-order valence-corrected chi connectivity index (χ2v) is 6.48. The Kier molecular flexibility index (Phi) is 7.88. The van der Waals surface area contributed by atoms with Crippen molar-refractivity contribution in [2.45, 2.75) is 20.3 Å². The molecule has 0 unspecified atom stereocenters. The highest BCUT2D eigenvalue weighted by molar-refractivity contribution is 14.0. The van der Waals surface area contributed by atoms with Gasteiger partial charge in [-0.2, -0.15) is 0 Å². The van der Waals surface area contributed by atoms with Gasteiger partial charge < -0.3 is 20.1 Å². The van der Waals surface area contributed by atoms with Crippen LogP contribution in [0, 0.1) is 5.82 Å². The predicted molar refractivity (Wildman–Crippen MR) is 117 cm³/mol. The molecular formula is C19H27FIN5O. The summed E-state index contributed by atoms with van der Waals surface area (Å²) < 4.78 is 13.3. The van der Waals surface area contributed by atoms with E-state index in [2.05, 4.69) is 22.1 Å². The second kappa shape index (κ2) is 9.91. The summed E-state index contributed by atoms with van der Waals surface area (Å²) in [6.45, 7) is 8.16. The van der Waals surface area contributed by atoms with Crippen molar-refractivity contribution in [3.8, 4) is 0 Å². The monoisotopic (exact) mass is 487 g/mol. The molecule has 0 aliphatic carbocycles. The van der Waals surface area contributed by atoms with Gasteiger partial charge in [0.15, 0.2) is 5.96 Å². The van der Waals surface area contributed by atoms with Crippen molar-refractivity contribution in [2.75, 3.05) is 39.3 Å². The van der Waals surface area contributed by atoms with Crippen LogP contribution in [0.25, 0.3) is 10.9 Å². The van der Waals surface area contributed by atoms with Crippen molar-refractivity contribution in [2.24, 2.45) is 4.99 Å². The van der Waals surface area contributed by atoms with Crippen LogP contribution in [0.5, 0.6) is 0 Å². The molecule has 2 N–H and O–H groups in total. The van der Waals surface area contributed by atoms with E-state index in [4.69, 9.17) is 4.99 Å². The first-order valence-electron chi connectivity index (χ1n) is 9.12. The number of amides is 1. The molecule has 1 aromatic carbocycles. The summed E-state index contributed by atoms with van der Waals surface area (Å²) in [6.07, 6.45) is 2.71. The number of benzene rings is 1. The fraction of sp³-hybridized carbons (Fsp3) is 0.474. The molecule has 2 aromatic rings. The minimum absolute atomic E-state index is 0. The maximum absolute atomic E-state index is 13.3. The molecule has 0 spiro atoms. The van der Waals surface area contributed by atoms with Crippen LogP contribution in [0.15, 0.2) is 29.4 Å². The molecule has 1 saturated heterocycles. The van der Waals surface area contributed by atoms with Gasteiger partial charge in [0.05, 0.1) is 0 Å². The van der Waals surface area contributed by atoms with Crippen LogP contribution in [0.2, 0.25) is 0 Å². The molecule has 0 saturated carbocycles. The normalized spacial score (nSPS) is 15.0. The molecule has 27 heavy (non-hydrogen) atoms. The highest BCUT2D eigenvalue weighted by Crippen LogP contribution is 2.19. The van der Waals surface area contributed by atoms with Crippen molar-refractivity contribution in [1.29, 1.82) is 0 Å². The average molecular weight is 487 g/mol. The Bertz CT molecular complexity index is 798. The summed E-state index contributed by atoms with van der Waals surface area (Å²) in [5, 5.41) is 4.38. The molecule has 8 heteroatoms. The van der Waals surface area contributed by atoms with Crippen LogP contribution in [-0.2, 0) is 11.2 Å². The van der Waals surface area contributed by atoms with E-state index < -0.39 is 0 Å². The van der Waals surface area contributed by atoms with Gasteiger partial charge in [-0.05, 0) is 37.1 Å². The Morgan fingerprint density at radius 1 is 1.26 bits per heavy atom. The highest BCUT2D eigenvalue weighted by atomic mass is 127. The first-order chi connectivity index (χ1) is 12.6. The Hall–Kier alpha value is -1.84. The summed E-state index contributed by atoms with van der Waals surface area (Å²) >= 11 is 0. The molecule has 0 atom stereocenters. The van der Waals surface area contributed by atoms with Gasteiger partial charge in [-0.3, -0.25) is 9.79 Å². The van der Waals surface area contributed by atoms with Gasteiger partial charge in [0, 0.05) is 63.3 Å². The van der Waals surface area contributed by atoms with Crippen LogP contribution in [0.4, 0.5) is 4.39 Å². The SMILES string of the molecule is CCNC(=NCCc1c[nH]c2cc(F)ccc12)N1CCN(C(C)=O)CC1.I. The Morgan fingerprint density at radius 2 is 1.96 bits per heavy atom. The van der Waals surface area contributed by atoms with Gasteiger partial charge in [0.1, 0.15) is 5.82 Å². The molecule has 0 radical (unpaired) electrons. The number of halogens is 2. The van der Waals surface area contributed by atoms with Crippen molar-refractivity contribution in [3.05, 3.63) is 35.8 Å². The summed E-state index contributed by atoms with van der Waals surface area (Å²) in [4.78, 5) is 23.4. The largest absolute Gasteiger partial charge is 0.361 e. The van der Waals surface area contributed by atoms with Crippen LogP contribution >= 0.6 is 24.0 Å². The minimum atomic E-state index is -0.233. The first kappa shape index (κ1) is 21.5. The number of nitrogens with zero attached hydrogens (tertiary/aromatic N) is 3. The third-order valence-electron chi connectivity index (χ3n) is 4.73. The molecule has 1 aliphatic rings. The molecule has 1 amide bonds. The van der Waals surface area contributed by atoms with Gasteiger partial charge >= 0.3 is 0 Å². The summed E-state index contributed by atoms with van der Waals surface area (Å²) in [7, 11) is 0. The number of H-pyrrole nitrogens is 1. The number of hydrogen-bond donors (Lipinski definition) is 2. The zero-order valence-corrected chi connectivity index (χ0v) is 18.1. The lowest BCUT2D eigenvalue weighted by molar-refractivity contribution is -0.130. The lowest BCUT2D eigenvalue weighted by Crippen LogP contribution is -2.53. The molecule has 0 bridgehead atoms. The fourth-order valence-corrected chi connectivity index (χ4v) is 3.31. The zero-order chi connectivity index (χ0) is 18.5. The standard InChI is InChI=1S/C19H26FN5O.HI/c1-3-21-19(25-10-8-24(9-11-25)14(2)26)22-7-6-15-13-23-18-12-16(20)4-5-17(15)18;/h4-5,12-13,23H,3,6-11H2,1-2H3,(H,21,22);1H. The molecule has 1 aliphatic heterocycles. The Balaban J connectivity index is 0.00000261. The summed E-state index contributed by atoms with van der Waals surface area (Å²) in [6, 6.07) is 4.81. The van der Waals surface area contributed by atoms with Gasteiger partial charge in [0.25, 0.3) is 0 Å². The van der Waals surface area contributed by atoms with Crippen LogP contribution < -0.4 is 5.32 Å². The van der Waals surface area contributed by atoms with Crippen molar-refractivity contribution < 1.29 is 9.18 Å². The van der Waals surface area contributed by atoms with Gasteiger partial charge in [-0.25, -0.2) is 4.39 Å². The maximum Gasteiger partial charge on any atom is 0.219 e. The molecule has 2 heterocycles. The highest BCUT2D eigenvalue weighted by Gasteiger charge is 2.20. The number of aromatic amines is 1. The number of nitrogens with one attached hydrogen (secondary N) is 2. The smallest absolute Gasteiger partial charge is 0.219 e. The number of guanidine groups is 1. The lowest BCUT2D eigenvalue weighted by atomic mass is 10.1. The van der Waals surface area contributed by atoms with E-state index in [1.54, 1.807) is 6.92 Å². The molecule has 3 rings (SSSR count). The maximum atomic E-state index is 13.3. The average Bonchev–Trinajstić information content (AvgIpc) is 3.03. The number of carbonyl (C=O) groups excluding carboxylic acids is 1. The third-order valence-corrected chi connectivity index (χ3v) is 4.73. The van der Waals surface area contributed by atoms with E-state index >= 15 is 0 Å². The predicted octanol–water partition coefficient (Wildman–Crippen LogP) is 2.60. The minimum Gasteiger partial charge on any atom is -0.361 e. The van der Waals surface area contributed by atoms with Crippen molar-refractivity contribution >= 4 is 46.7 Å². The van der Waals surface area contributed by atoms with E-state index in [-0.39, 0.29) is 35.7 Å². The van der Waals surface area contributed by atoms with E-state index in [1.807, 2.05) is 17.2 Å². The Morgan fingerprint density at radius 3 is 2.63 bits per heavy atom. The fourth-order valence-electron chi connectivity index (χ4n) is 3.31. The number of aliphatic imine (C=N–C) groups is 1. The number of aromatic nitrogens is 1. The molecule has 1 aromatic heterocycles. The molecule has 1 fully saturated rings. The second-order valence-electron chi connectivity index (χ2n) is 6.48. The Labute approximate surface area is 176 Å². The zero-order valence-electron chi connectivity index (χ0n) is 15.8. The van der Waals surface area contributed by atoms with E-state index in [9.17, 15) is 9.18 Å². The quantitative estimate of drug-likeness (QED) is 0.396. The van der Waals surface area contributed by atoms with E-state index in [1.165, 1.54) is 12.1 Å². The topological polar surface area (TPSA) is 63.7 Å². The lowest BCUT2D eigenvalue weighted by Gasteiger charge is -2.36. The van der Waals surface area contributed by atoms with Crippen LogP contribution in [0.1, 0.15) is 19.4 Å². The van der Waals surface area contributed by atoms with Crippen LogP contribution in [-0.4, -0.2) is 65.9 Å². The first-order valence-corrected chi connectivity index (χ1v) is 9.12. The van der Waals surface area contributed by atoms with E-state index in [0.717, 1.165) is 61.6 Å². The number of carbonyl (C=O) groups is 1.